The van der Waals surface area contributed by atoms with Crippen molar-refractivity contribution in [1.82, 2.24) is 0 Å². The first-order chi connectivity index (χ1) is 9.41. The molecule has 1 aliphatic rings. The molecule has 20 heavy (non-hydrogen) atoms. The first-order valence-corrected chi connectivity index (χ1v) is 8.38. The average molecular weight is 298 g/mol. The number of methoxy groups -OCH3 is 1. The van der Waals surface area contributed by atoms with Crippen LogP contribution in [0.4, 0.5) is 5.69 Å². The number of rotatable bonds is 4. The zero-order chi connectivity index (χ0) is 14.8. The Hall–Kier alpha value is -1.11. The number of nitrogens with two attached hydrogens (primary N) is 1. The summed E-state index contributed by atoms with van der Waals surface area (Å²) in [6.07, 6.45) is 4.49. The highest BCUT2D eigenvalue weighted by Gasteiger charge is 2.22. The van der Waals surface area contributed by atoms with Crippen LogP contribution >= 0.6 is 0 Å². The molecule has 5 nitrogen and oxygen atoms in total. The van der Waals surface area contributed by atoms with Gasteiger partial charge in [-0.3, -0.25) is 0 Å². The normalized spacial score (nSPS) is 23.6. The maximum atomic E-state index is 11.5. The van der Waals surface area contributed by atoms with Crippen LogP contribution in [-0.2, 0) is 14.8 Å². The minimum absolute atomic E-state index is 0.182. The molecule has 3 N–H and O–H groups in total. The third-order valence-corrected chi connectivity index (χ3v) is 4.96. The van der Waals surface area contributed by atoms with Gasteiger partial charge in [0, 0.05) is 18.8 Å². The largest absolute Gasteiger partial charge is 0.382 e. The molecule has 0 radical (unpaired) electrons. The zero-order valence-corrected chi connectivity index (χ0v) is 12.7. The molecule has 1 aromatic carbocycles. The molecule has 2 unspecified atom stereocenters. The second kappa shape index (κ2) is 6.11. The number of hydrogen-bond donors (Lipinski definition) is 2. The van der Waals surface area contributed by atoms with Crippen molar-refractivity contribution < 1.29 is 13.2 Å². The third kappa shape index (κ3) is 3.50. The van der Waals surface area contributed by atoms with Gasteiger partial charge in [0.25, 0.3) is 0 Å². The SMILES string of the molecule is COC1CCCC(Nc2cccc(S(N)(=O)=O)c2C)C1. The van der Waals surface area contributed by atoms with Gasteiger partial charge in [0.2, 0.25) is 10.0 Å². The van der Waals surface area contributed by atoms with E-state index in [4.69, 9.17) is 9.88 Å². The molecule has 6 heteroatoms. The summed E-state index contributed by atoms with van der Waals surface area (Å²) in [4.78, 5) is 0.182. The summed E-state index contributed by atoms with van der Waals surface area (Å²) < 4.78 is 28.5. The molecule has 1 fully saturated rings. The van der Waals surface area contributed by atoms with Crippen molar-refractivity contribution in [2.45, 2.75) is 49.6 Å². The van der Waals surface area contributed by atoms with E-state index in [1.165, 1.54) is 6.07 Å². The van der Waals surface area contributed by atoms with Crippen molar-refractivity contribution in [3.63, 3.8) is 0 Å². The minimum Gasteiger partial charge on any atom is -0.382 e. The summed E-state index contributed by atoms with van der Waals surface area (Å²) in [6.45, 7) is 1.78. The van der Waals surface area contributed by atoms with Crippen molar-refractivity contribution in [3.8, 4) is 0 Å². The zero-order valence-electron chi connectivity index (χ0n) is 11.9. The lowest BCUT2D eigenvalue weighted by molar-refractivity contribution is 0.0669. The highest BCUT2D eigenvalue weighted by Crippen LogP contribution is 2.27. The van der Waals surface area contributed by atoms with Crippen LogP contribution in [0, 0.1) is 6.92 Å². The molecule has 0 heterocycles. The molecule has 1 aliphatic carbocycles. The first-order valence-electron chi connectivity index (χ1n) is 6.83. The van der Waals surface area contributed by atoms with E-state index in [2.05, 4.69) is 5.32 Å². The van der Waals surface area contributed by atoms with E-state index in [1.807, 2.05) is 6.07 Å². The lowest BCUT2D eigenvalue weighted by Crippen LogP contribution is -2.31. The van der Waals surface area contributed by atoms with Crippen LogP contribution in [0.5, 0.6) is 0 Å². The van der Waals surface area contributed by atoms with Crippen LogP contribution in [0.2, 0.25) is 0 Å². The van der Waals surface area contributed by atoms with Crippen LogP contribution < -0.4 is 10.5 Å². The maximum absolute atomic E-state index is 11.5. The van der Waals surface area contributed by atoms with Gasteiger partial charge in [0.15, 0.2) is 0 Å². The molecule has 2 atom stereocenters. The average Bonchev–Trinajstić information content (AvgIpc) is 2.40. The molecule has 0 bridgehead atoms. The van der Waals surface area contributed by atoms with Gasteiger partial charge in [0.1, 0.15) is 0 Å². The van der Waals surface area contributed by atoms with Crippen LogP contribution in [-0.4, -0.2) is 27.7 Å². The smallest absolute Gasteiger partial charge is 0.238 e. The van der Waals surface area contributed by atoms with Crippen LogP contribution in [0.15, 0.2) is 23.1 Å². The standard InChI is InChI=1S/C14H22N2O3S/c1-10-13(7-4-8-14(10)20(15,17)18)16-11-5-3-6-12(9-11)19-2/h4,7-8,11-12,16H,3,5-6,9H2,1-2H3,(H2,15,17,18). The van der Waals surface area contributed by atoms with E-state index >= 15 is 0 Å². The van der Waals surface area contributed by atoms with Gasteiger partial charge in [0.05, 0.1) is 11.0 Å². The van der Waals surface area contributed by atoms with Crippen molar-refractivity contribution in [1.29, 1.82) is 0 Å². The number of ether oxygens (including phenoxy) is 1. The Morgan fingerprint density at radius 2 is 2.10 bits per heavy atom. The molecule has 0 aliphatic heterocycles. The molecule has 0 saturated heterocycles. The summed E-state index contributed by atoms with van der Waals surface area (Å²) in [5, 5.41) is 8.65. The molecular weight excluding hydrogens is 276 g/mol. The highest BCUT2D eigenvalue weighted by molar-refractivity contribution is 7.89. The van der Waals surface area contributed by atoms with Gasteiger partial charge in [-0.2, -0.15) is 0 Å². The van der Waals surface area contributed by atoms with Crippen molar-refractivity contribution in [3.05, 3.63) is 23.8 Å². The third-order valence-electron chi connectivity index (χ3n) is 3.91. The topological polar surface area (TPSA) is 81.4 Å². The lowest BCUT2D eigenvalue weighted by atomic mass is 9.92. The van der Waals surface area contributed by atoms with Crippen LogP contribution in [0.25, 0.3) is 0 Å². The molecule has 1 saturated carbocycles. The number of benzene rings is 1. The van der Waals surface area contributed by atoms with E-state index in [9.17, 15) is 8.42 Å². The van der Waals surface area contributed by atoms with E-state index in [-0.39, 0.29) is 11.0 Å². The maximum Gasteiger partial charge on any atom is 0.238 e. The Labute approximate surface area is 120 Å². The number of nitrogens with one attached hydrogen (secondary N) is 1. The van der Waals surface area contributed by atoms with Gasteiger partial charge >= 0.3 is 0 Å². The quantitative estimate of drug-likeness (QED) is 0.891. The monoisotopic (exact) mass is 298 g/mol. The van der Waals surface area contributed by atoms with Gasteiger partial charge in [-0.25, -0.2) is 13.6 Å². The number of sulfonamides is 1. The van der Waals surface area contributed by atoms with Gasteiger partial charge in [-0.05, 0) is 50.3 Å². The summed E-state index contributed by atoms with van der Waals surface area (Å²) >= 11 is 0. The van der Waals surface area contributed by atoms with E-state index in [1.54, 1.807) is 20.1 Å². The summed E-state index contributed by atoms with van der Waals surface area (Å²) in [7, 11) is -1.94. The predicted molar refractivity (Wildman–Crippen MR) is 79.2 cm³/mol. The van der Waals surface area contributed by atoms with Crippen molar-refractivity contribution >= 4 is 15.7 Å². The second-order valence-electron chi connectivity index (χ2n) is 5.34. The van der Waals surface area contributed by atoms with E-state index in [0.29, 0.717) is 11.6 Å². The molecule has 0 amide bonds. The summed E-state index contributed by atoms with van der Waals surface area (Å²) in [6, 6.07) is 5.45. The fourth-order valence-electron chi connectivity index (χ4n) is 2.79. The molecular formula is C14H22N2O3S. The Kier molecular flexibility index (Phi) is 4.67. The molecule has 112 valence electrons. The minimum atomic E-state index is -3.68. The van der Waals surface area contributed by atoms with E-state index in [0.717, 1.165) is 31.4 Å². The number of anilines is 1. The van der Waals surface area contributed by atoms with Crippen molar-refractivity contribution in [2.24, 2.45) is 5.14 Å². The fourth-order valence-corrected chi connectivity index (χ4v) is 3.59. The van der Waals surface area contributed by atoms with Crippen LogP contribution in [0.1, 0.15) is 31.2 Å². The Morgan fingerprint density at radius 1 is 1.35 bits per heavy atom. The Morgan fingerprint density at radius 3 is 2.75 bits per heavy atom. The summed E-state index contributed by atoms with van der Waals surface area (Å²) in [5.74, 6) is 0. The number of primary sulfonamides is 1. The highest BCUT2D eigenvalue weighted by atomic mass is 32.2. The van der Waals surface area contributed by atoms with Gasteiger partial charge in [-0.1, -0.05) is 6.07 Å². The summed E-state index contributed by atoms with van der Waals surface area (Å²) in [5.41, 5.74) is 1.51. The van der Waals surface area contributed by atoms with E-state index < -0.39 is 10.0 Å². The molecule has 0 aromatic heterocycles. The molecule has 0 spiro atoms. The fraction of sp³-hybridized carbons (Fsp3) is 0.571. The number of hydrogen-bond acceptors (Lipinski definition) is 4. The second-order valence-corrected chi connectivity index (χ2v) is 6.87. The predicted octanol–water partition coefficient (Wildman–Crippen LogP) is 2.01. The molecule has 1 aromatic rings. The van der Waals surface area contributed by atoms with Crippen molar-refractivity contribution in [2.75, 3.05) is 12.4 Å². The van der Waals surface area contributed by atoms with Gasteiger partial charge < -0.3 is 10.1 Å². The first kappa shape index (κ1) is 15.3. The molecule has 2 rings (SSSR count). The Bertz CT molecular complexity index is 572. The Balaban J connectivity index is 2.18. The van der Waals surface area contributed by atoms with Gasteiger partial charge in [-0.15, -0.1) is 0 Å². The lowest BCUT2D eigenvalue weighted by Gasteiger charge is -2.30. The van der Waals surface area contributed by atoms with Crippen LogP contribution in [0.3, 0.4) is 0 Å².